The highest BCUT2D eigenvalue weighted by Crippen LogP contribution is 2.44. The van der Waals surface area contributed by atoms with Gasteiger partial charge in [0.2, 0.25) is 12.3 Å². The highest BCUT2D eigenvalue weighted by Gasteiger charge is 2.30. The van der Waals surface area contributed by atoms with Gasteiger partial charge in [0.15, 0.2) is 5.82 Å². The molecular formula is C24H24N4O6. The Hall–Kier alpha value is -4.21. The second-order valence-electron chi connectivity index (χ2n) is 7.84. The average molecular weight is 464 g/mol. The van der Waals surface area contributed by atoms with E-state index in [1.54, 1.807) is 0 Å². The van der Waals surface area contributed by atoms with E-state index >= 15 is 0 Å². The fourth-order valence-corrected chi connectivity index (χ4v) is 4.04. The molecule has 34 heavy (non-hydrogen) atoms. The molecule has 0 saturated heterocycles. The zero-order valence-electron chi connectivity index (χ0n) is 18.3. The van der Waals surface area contributed by atoms with Gasteiger partial charge in [0.05, 0.1) is 0 Å². The molecule has 2 amide bonds. The van der Waals surface area contributed by atoms with Crippen LogP contribution < -0.4 is 10.6 Å². The van der Waals surface area contributed by atoms with E-state index in [2.05, 4.69) is 25.3 Å². The smallest absolute Gasteiger partial charge is 0.407 e. The lowest BCUT2D eigenvalue weighted by Gasteiger charge is -2.19. The van der Waals surface area contributed by atoms with Gasteiger partial charge in [0.25, 0.3) is 0 Å². The molecule has 3 aromatic rings. The van der Waals surface area contributed by atoms with Crippen LogP contribution in [0.25, 0.3) is 11.1 Å². The maximum absolute atomic E-state index is 12.6. The van der Waals surface area contributed by atoms with Crippen molar-refractivity contribution < 1.29 is 28.8 Å². The fourth-order valence-electron chi connectivity index (χ4n) is 4.04. The summed E-state index contributed by atoms with van der Waals surface area (Å²) in [7, 11) is 0. The van der Waals surface area contributed by atoms with Gasteiger partial charge in [-0.2, -0.15) is 4.98 Å². The Kier molecular flexibility index (Phi) is 7.16. The highest BCUT2D eigenvalue weighted by atomic mass is 16.5. The first kappa shape index (κ1) is 23.0. The van der Waals surface area contributed by atoms with Gasteiger partial charge >= 0.3 is 12.1 Å². The number of amides is 2. The van der Waals surface area contributed by atoms with Crippen molar-refractivity contribution in [2.24, 2.45) is 0 Å². The maximum Gasteiger partial charge on any atom is 0.407 e. The molecule has 10 nitrogen and oxygen atoms in total. The number of hydrogen-bond donors (Lipinski definition) is 3. The van der Waals surface area contributed by atoms with Gasteiger partial charge < -0.3 is 25.0 Å². The van der Waals surface area contributed by atoms with Crippen molar-refractivity contribution in [1.29, 1.82) is 0 Å². The van der Waals surface area contributed by atoms with Crippen LogP contribution in [-0.4, -0.2) is 52.4 Å². The van der Waals surface area contributed by atoms with Crippen LogP contribution in [0.2, 0.25) is 0 Å². The Morgan fingerprint density at radius 2 is 1.74 bits per heavy atom. The van der Waals surface area contributed by atoms with Gasteiger partial charge in [0, 0.05) is 25.3 Å². The van der Waals surface area contributed by atoms with Crippen LogP contribution in [0.5, 0.6) is 0 Å². The van der Waals surface area contributed by atoms with E-state index in [1.807, 2.05) is 48.5 Å². The number of fused-ring (bicyclic) bond motifs is 3. The number of carboxylic acids is 1. The summed E-state index contributed by atoms with van der Waals surface area (Å²) >= 11 is 0. The summed E-state index contributed by atoms with van der Waals surface area (Å²) in [5, 5.41) is 17.8. The molecule has 0 fully saturated rings. The summed E-state index contributed by atoms with van der Waals surface area (Å²) in [6.07, 6.45) is 0.371. The first-order chi connectivity index (χ1) is 16.5. The first-order valence-electron chi connectivity index (χ1n) is 10.9. The van der Waals surface area contributed by atoms with Crippen molar-refractivity contribution in [1.82, 2.24) is 20.8 Å². The molecule has 1 unspecified atom stereocenters. The molecule has 0 aliphatic heterocycles. The van der Waals surface area contributed by atoms with Gasteiger partial charge in [-0.15, -0.1) is 0 Å². The lowest BCUT2D eigenvalue weighted by Crippen LogP contribution is -2.47. The SMILES string of the molecule is O=C(O)CCC(NC(=O)OCC1c2ccccc2-c2ccccc21)C(=O)NCCc1ncon1. The number of nitrogens with one attached hydrogen (secondary N) is 2. The van der Waals surface area contributed by atoms with Crippen molar-refractivity contribution in [2.75, 3.05) is 13.2 Å². The van der Waals surface area contributed by atoms with E-state index < -0.39 is 24.0 Å². The number of aromatic nitrogens is 2. The maximum atomic E-state index is 12.6. The molecule has 1 atom stereocenters. The normalized spacial score (nSPS) is 12.9. The molecule has 0 spiro atoms. The van der Waals surface area contributed by atoms with Gasteiger partial charge in [-0.1, -0.05) is 53.7 Å². The molecule has 0 bridgehead atoms. The summed E-state index contributed by atoms with van der Waals surface area (Å²) in [5.74, 6) is -1.29. The minimum absolute atomic E-state index is 0.0758. The zero-order chi connectivity index (χ0) is 23.9. The topological polar surface area (TPSA) is 144 Å². The lowest BCUT2D eigenvalue weighted by molar-refractivity contribution is -0.137. The molecule has 1 aliphatic carbocycles. The summed E-state index contributed by atoms with van der Waals surface area (Å²) < 4.78 is 10.1. The summed E-state index contributed by atoms with van der Waals surface area (Å²) in [6.45, 7) is 0.291. The Balaban J connectivity index is 1.36. The van der Waals surface area contributed by atoms with Crippen LogP contribution in [0.15, 0.2) is 59.4 Å². The zero-order valence-corrected chi connectivity index (χ0v) is 18.3. The molecule has 1 heterocycles. The van der Waals surface area contributed by atoms with Crippen LogP contribution in [0.3, 0.4) is 0 Å². The molecule has 4 rings (SSSR count). The number of ether oxygens (including phenoxy) is 1. The Morgan fingerprint density at radius 1 is 1.06 bits per heavy atom. The van der Waals surface area contributed by atoms with Crippen molar-refractivity contribution in [3.8, 4) is 11.1 Å². The fraction of sp³-hybridized carbons (Fsp3) is 0.292. The van der Waals surface area contributed by atoms with E-state index in [4.69, 9.17) is 9.84 Å². The standard InChI is InChI=1S/C24H24N4O6/c29-22(30)10-9-20(23(31)25-12-11-21-26-14-34-28-21)27-24(32)33-13-19-17-7-3-1-5-15(17)16-6-2-4-8-18(16)19/h1-8,14,19-20H,9-13H2,(H,25,31)(H,27,32)(H,29,30). The van der Waals surface area contributed by atoms with Crippen LogP contribution in [0.1, 0.15) is 35.7 Å². The molecule has 0 saturated carbocycles. The molecular weight excluding hydrogens is 440 g/mol. The summed E-state index contributed by atoms with van der Waals surface area (Å²) in [5.41, 5.74) is 4.34. The molecule has 1 aliphatic rings. The van der Waals surface area contributed by atoms with Crippen LogP contribution in [-0.2, 0) is 20.7 Å². The van der Waals surface area contributed by atoms with Crippen molar-refractivity contribution in [2.45, 2.75) is 31.2 Å². The van der Waals surface area contributed by atoms with E-state index in [1.165, 1.54) is 6.39 Å². The number of aliphatic carboxylic acids is 1. The monoisotopic (exact) mass is 464 g/mol. The van der Waals surface area contributed by atoms with Gasteiger partial charge in [0.1, 0.15) is 12.6 Å². The molecule has 1 aromatic heterocycles. The van der Waals surface area contributed by atoms with E-state index in [0.717, 1.165) is 22.3 Å². The number of carbonyl (C=O) groups is 3. The predicted molar refractivity (Wildman–Crippen MR) is 120 cm³/mol. The third-order valence-corrected chi connectivity index (χ3v) is 5.65. The van der Waals surface area contributed by atoms with Gasteiger partial charge in [-0.3, -0.25) is 9.59 Å². The quantitative estimate of drug-likeness (QED) is 0.415. The predicted octanol–water partition coefficient (Wildman–Crippen LogP) is 2.50. The number of nitrogens with zero attached hydrogens (tertiary/aromatic N) is 2. The molecule has 10 heteroatoms. The second kappa shape index (κ2) is 10.6. The van der Waals surface area contributed by atoms with E-state index in [0.29, 0.717) is 12.2 Å². The van der Waals surface area contributed by atoms with Crippen molar-refractivity contribution in [3.63, 3.8) is 0 Å². The number of rotatable bonds is 10. The lowest BCUT2D eigenvalue weighted by atomic mass is 9.98. The summed E-state index contributed by atoms with van der Waals surface area (Å²) in [4.78, 5) is 40.0. The van der Waals surface area contributed by atoms with Gasteiger partial charge in [-0.05, 0) is 28.7 Å². The summed E-state index contributed by atoms with van der Waals surface area (Å²) in [6, 6.07) is 14.9. The average Bonchev–Trinajstić information content (AvgIpc) is 3.46. The van der Waals surface area contributed by atoms with Crippen LogP contribution in [0.4, 0.5) is 4.79 Å². The first-order valence-corrected chi connectivity index (χ1v) is 10.9. The Labute approximate surface area is 195 Å². The largest absolute Gasteiger partial charge is 0.481 e. The molecule has 0 radical (unpaired) electrons. The number of hydrogen-bond acceptors (Lipinski definition) is 7. The minimum Gasteiger partial charge on any atom is -0.481 e. The Bertz CT molecular complexity index is 1120. The van der Waals surface area contributed by atoms with E-state index in [-0.39, 0.29) is 31.9 Å². The third kappa shape index (κ3) is 5.40. The minimum atomic E-state index is -1.07. The molecule has 3 N–H and O–H groups in total. The third-order valence-electron chi connectivity index (χ3n) is 5.65. The van der Waals surface area contributed by atoms with Crippen molar-refractivity contribution >= 4 is 18.0 Å². The molecule has 176 valence electrons. The van der Waals surface area contributed by atoms with Crippen LogP contribution >= 0.6 is 0 Å². The highest BCUT2D eigenvalue weighted by molar-refractivity contribution is 5.86. The van der Waals surface area contributed by atoms with Gasteiger partial charge in [-0.25, -0.2) is 4.79 Å². The van der Waals surface area contributed by atoms with Crippen molar-refractivity contribution in [3.05, 3.63) is 71.9 Å². The number of carbonyl (C=O) groups excluding carboxylic acids is 2. The number of benzene rings is 2. The molecule has 2 aromatic carbocycles. The number of carboxylic acid groups (broad SMARTS) is 1. The van der Waals surface area contributed by atoms with E-state index in [9.17, 15) is 14.4 Å². The second-order valence-corrected chi connectivity index (χ2v) is 7.84. The van der Waals surface area contributed by atoms with Crippen LogP contribution in [0, 0.1) is 0 Å². The Morgan fingerprint density at radius 3 is 2.35 bits per heavy atom. The number of alkyl carbamates (subject to hydrolysis) is 1.